The number of fused-ring (bicyclic) bond motifs is 3. The summed E-state index contributed by atoms with van der Waals surface area (Å²) in [5.41, 5.74) is 5.29. The number of nitrogens with zero attached hydrogens (tertiary/aromatic N) is 4. The van der Waals surface area contributed by atoms with E-state index >= 15 is 0 Å². The number of hydrogen-bond donors (Lipinski definition) is 1. The summed E-state index contributed by atoms with van der Waals surface area (Å²) in [6.45, 7) is 5.80. The smallest absolute Gasteiger partial charge is 0.276 e. The molecule has 8 heteroatoms. The van der Waals surface area contributed by atoms with E-state index in [1.165, 1.54) is 15.4 Å². The van der Waals surface area contributed by atoms with Gasteiger partial charge in [0.25, 0.3) is 10.2 Å². The molecule has 0 unspecified atom stereocenters. The summed E-state index contributed by atoms with van der Waals surface area (Å²) >= 11 is 0. The van der Waals surface area contributed by atoms with Crippen LogP contribution in [0.4, 0.5) is 0 Å². The highest BCUT2D eigenvalue weighted by molar-refractivity contribution is 7.86. The number of aromatic nitrogens is 3. The summed E-state index contributed by atoms with van der Waals surface area (Å²) in [5, 5.41) is 6.22. The Morgan fingerprint density at radius 3 is 2.58 bits per heavy atom. The highest BCUT2D eigenvalue weighted by atomic mass is 32.2. The average molecular weight is 345 g/mol. The van der Waals surface area contributed by atoms with Crippen LogP contribution in [0.1, 0.15) is 11.1 Å². The third-order valence-corrected chi connectivity index (χ3v) is 5.82. The van der Waals surface area contributed by atoms with Gasteiger partial charge < -0.3 is 4.57 Å². The Morgan fingerprint density at radius 1 is 1.17 bits per heavy atom. The van der Waals surface area contributed by atoms with Gasteiger partial charge in [0.15, 0.2) is 0 Å². The Morgan fingerprint density at radius 2 is 1.88 bits per heavy atom. The summed E-state index contributed by atoms with van der Waals surface area (Å²) in [6.07, 6.45) is 3.60. The fourth-order valence-corrected chi connectivity index (χ4v) is 4.11. The molecule has 0 aliphatic carbocycles. The maximum absolute atomic E-state index is 11.3. The predicted molar refractivity (Wildman–Crippen MR) is 92.7 cm³/mol. The standard InChI is InChI=1S/C16H19N5O2S/c1-10-3-13-14(4-11(10)2)18-5-15-16(13)20(9-19-15)6-12-7-21(8-12)24(17,22)23/h3-5,9,12H,6-8H2,1-2H3,(H2,17,22,23). The van der Waals surface area contributed by atoms with Crippen LogP contribution in [0.3, 0.4) is 0 Å². The number of nitrogens with two attached hydrogens (primary N) is 1. The first-order chi connectivity index (χ1) is 11.3. The second kappa shape index (κ2) is 5.23. The third-order valence-electron chi connectivity index (χ3n) is 4.80. The van der Waals surface area contributed by atoms with Gasteiger partial charge in [-0.1, -0.05) is 0 Å². The van der Waals surface area contributed by atoms with Gasteiger partial charge in [0.1, 0.15) is 5.52 Å². The van der Waals surface area contributed by atoms with E-state index in [4.69, 9.17) is 5.14 Å². The number of rotatable bonds is 3. The lowest BCUT2D eigenvalue weighted by atomic mass is 10.0. The number of imidazole rings is 1. The predicted octanol–water partition coefficient (Wildman–Crippen LogP) is 1.34. The maximum Gasteiger partial charge on any atom is 0.276 e. The zero-order valence-corrected chi connectivity index (χ0v) is 14.4. The molecule has 1 aliphatic heterocycles. The molecular formula is C16H19N5O2S. The van der Waals surface area contributed by atoms with Crippen molar-refractivity contribution >= 4 is 32.1 Å². The molecule has 3 heterocycles. The van der Waals surface area contributed by atoms with Crippen molar-refractivity contribution in [3.8, 4) is 0 Å². The molecule has 126 valence electrons. The highest BCUT2D eigenvalue weighted by Gasteiger charge is 2.34. The van der Waals surface area contributed by atoms with Crippen molar-refractivity contribution in [3.63, 3.8) is 0 Å². The summed E-state index contributed by atoms with van der Waals surface area (Å²) in [5.74, 6) is 0.246. The van der Waals surface area contributed by atoms with Crippen molar-refractivity contribution in [2.75, 3.05) is 13.1 Å². The van der Waals surface area contributed by atoms with Crippen LogP contribution >= 0.6 is 0 Å². The molecule has 4 rings (SSSR count). The SMILES string of the molecule is Cc1cc2ncc3ncn(CC4CN(S(N)(=O)=O)C4)c3c2cc1C. The molecule has 1 saturated heterocycles. The van der Waals surface area contributed by atoms with Gasteiger partial charge in [-0.05, 0) is 37.1 Å². The lowest BCUT2D eigenvalue weighted by Gasteiger charge is -2.36. The summed E-state index contributed by atoms with van der Waals surface area (Å²) in [7, 11) is -3.57. The molecule has 3 aromatic rings. The van der Waals surface area contributed by atoms with E-state index in [-0.39, 0.29) is 5.92 Å². The van der Waals surface area contributed by atoms with E-state index in [2.05, 4.69) is 40.5 Å². The molecule has 0 bridgehead atoms. The van der Waals surface area contributed by atoms with Crippen LogP contribution in [0.15, 0.2) is 24.7 Å². The fraction of sp³-hybridized carbons (Fsp3) is 0.375. The molecule has 7 nitrogen and oxygen atoms in total. The van der Waals surface area contributed by atoms with Crippen molar-refractivity contribution in [1.82, 2.24) is 18.8 Å². The second-order valence-electron chi connectivity index (χ2n) is 6.57. The minimum atomic E-state index is -3.57. The van der Waals surface area contributed by atoms with Gasteiger partial charge in [-0.2, -0.15) is 12.7 Å². The zero-order valence-electron chi connectivity index (χ0n) is 13.6. The molecule has 0 spiro atoms. The quantitative estimate of drug-likeness (QED) is 0.775. The van der Waals surface area contributed by atoms with Crippen molar-refractivity contribution in [2.45, 2.75) is 20.4 Å². The third kappa shape index (κ3) is 2.47. The van der Waals surface area contributed by atoms with E-state index in [0.717, 1.165) is 21.9 Å². The Bertz CT molecular complexity index is 1050. The van der Waals surface area contributed by atoms with Crippen LogP contribution in [-0.4, -0.2) is 40.3 Å². The van der Waals surface area contributed by atoms with Gasteiger partial charge in [0.2, 0.25) is 0 Å². The minimum Gasteiger partial charge on any atom is -0.330 e. The monoisotopic (exact) mass is 345 g/mol. The van der Waals surface area contributed by atoms with Crippen LogP contribution in [0.25, 0.3) is 21.9 Å². The Kier molecular flexibility index (Phi) is 3.38. The minimum absolute atomic E-state index is 0.246. The van der Waals surface area contributed by atoms with Crippen molar-refractivity contribution in [1.29, 1.82) is 0 Å². The molecule has 1 aromatic carbocycles. The number of pyridine rings is 1. The summed E-state index contributed by atoms with van der Waals surface area (Å²) in [4.78, 5) is 8.95. The van der Waals surface area contributed by atoms with Crippen LogP contribution < -0.4 is 5.14 Å². The molecule has 2 N–H and O–H groups in total. The van der Waals surface area contributed by atoms with Gasteiger partial charge in [0, 0.05) is 30.9 Å². The van der Waals surface area contributed by atoms with Crippen molar-refractivity contribution < 1.29 is 8.42 Å². The molecule has 0 radical (unpaired) electrons. The van der Waals surface area contributed by atoms with E-state index in [1.807, 2.05) is 0 Å². The first-order valence-corrected chi connectivity index (χ1v) is 9.32. The first kappa shape index (κ1) is 15.5. The molecule has 2 aromatic heterocycles. The van der Waals surface area contributed by atoms with Gasteiger partial charge in [-0.25, -0.2) is 10.1 Å². The van der Waals surface area contributed by atoms with E-state index in [0.29, 0.717) is 19.6 Å². The maximum atomic E-state index is 11.3. The summed E-state index contributed by atoms with van der Waals surface area (Å²) in [6, 6.07) is 4.24. The Balaban J connectivity index is 1.72. The lowest BCUT2D eigenvalue weighted by Crippen LogP contribution is -2.53. The normalized spacial score (nSPS) is 16.8. The van der Waals surface area contributed by atoms with Gasteiger partial charge in [-0.3, -0.25) is 4.98 Å². The molecular weight excluding hydrogens is 326 g/mol. The van der Waals surface area contributed by atoms with Crippen LogP contribution in [-0.2, 0) is 16.8 Å². The molecule has 0 atom stereocenters. The Hall–Kier alpha value is -2.03. The number of hydrogen-bond acceptors (Lipinski definition) is 4. The van der Waals surface area contributed by atoms with Crippen LogP contribution in [0.5, 0.6) is 0 Å². The Labute approximate surface area is 140 Å². The highest BCUT2D eigenvalue weighted by Crippen LogP contribution is 2.28. The number of benzene rings is 1. The molecule has 1 fully saturated rings. The van der Waals surface area contributed by atoms with Gasteiger partial charge in [-0.15, -0.1) is 0 Å². The van der Waals surface area contributed by atoms with Crippen LogP contribution in [0.2, 0.25) is 0 Å². The molecule has 0 amide bonds. The van der Waals surface area contributed by atoms with Crippen molar-refractivity contribution in [2.24, 2.45) is 11.1 Å². The largest absolute Gasteiger partial charge is 0.330 e. The molecule has 24 heavy (non-hydrogen) atoms. The summed E-state index contributed by atoms with van der Waals surface area (Å²) < 4.78 is 26.0. The van der Waals surface area contributed by atoms with Gasteiger partial charge >= 0.3 is 0 Å². The average Bonchev–Trinajstić information content (AvgIpc) is 2.86. The fourth-order valence-electron chi connectivity index (χ4n) is 3.28. The van der Waals surface area contributed by atoms with E-state index in [9.17, 15) is 8.42 Å². The van der Waals surface area contributed by atoms with Crippen molar-refractivity contribution in [3.05, 3.63) is 35.8 Å². The van der Waals surface area contributed by atoms with E-state index < -0.39 is 10.2 Å². The van der Waals surface area contributed by atoms with Crippen LogP contribution in [0, 0.1) is 19.8 Å². The van der Waals surface area contributed by atoms with Gasteiger partial charge in [0.05, 0.1) is 23.6 Å². The zero-order chi connectivity index (χ0) is 17.1. The number of aryl methyl sites for hydroxylation is 2. The molecule has 1 aliphatic rings. The lowest BCUT2D eigenvalue weighted by molar-refractivity contribution is 0.181. The van der Waals surface area contributed by atoms with E-state index in [1.54, 1.807) is 12.5 Å². The second-order valence-corrected chi connectivity index (χ2v) is 8.12. The first-order valence-electron chi connectivity index (χ1n) is 7.81. The topological polar surface area (TPSA) is 94.1 Å². The molecule has 0 saturated carbocycles.